The second-order valence-corrected chi connectivity index (χ2v) is 5.23. The summed E-state index contributed by atoms with van der Waals surface area (Å²) in [5.74, 6) is 1.05. The molecule has 1 aliphatic heterocycles. The highest BCUT2D eigenvalue weighted by Gasteiger charge is 2.17. The maximum Gasteiger partial charge on any atom is 0.281 e. The topological polar surface area (TPSA) is 63.6 Å². The third-order valence-electron chi connectivity index (χ3n) is 3.83. The van der Waals surface area contributed by atoms with Gasteiger partial charge in [-0.05, 0) is 37.1 Å². The van der Waals surface area contributed by atoms with E-state index < -0.39 is 0 Å². The van der Waals surface area contributed by atoms with E-state index in [0.29, 0.717) is 23.5 Å². The van der Waals surface area contributed by atoms with Crippen molar-refractivity contribution in [3.63, 3.8) is 0 Å². The number of halogens is 1. The van der Waals surface area contributed by atoms with Crippen LogP contribution in [0, 0.1) is 5.82 Å². The van der Waals surface area contributed by atoms with Gasteiger partial charge in [-0.25, -0.2) is 14.4 Å². The van der Waals surface area contributed by atoms with Crippen molar-refractivity contribution in [1.82, 2.24) is 19.5 Å². The minimum atomic E-state index is -0.302. The molecule has 0 saturated carbocycles. The monoisotopic (exact) mass is 284 g/mol. The van der Waals surface area contributed by atoms with Crippen LogP contribution in [0.5, 0.6) is 0 Å². The van der Waals surface area contributed by atoms with E-state index in [-0.39, 0.29) is 11.4 Å². The first kappa shape index (κ1) is 12.3. The van der Waals surface area contributed by atoms with Gasteiger partial charge in [0, 0.05) is 18.5 Å². The van der Waals surface area contributed by atoms with E-state index in [1.54, 1.807) is 16.7 Å². The largest absolute Gasteiger partial charge is 0.322 e. The van der Waals surface area contributed by atoms with Crippen LogP contribution in [-0.2, 0) is 13.0 Å². The molecule has 5 nitrogen and oxygen atoms in total. The molecular formula is C15H13FN4O. The maximum atomic E-state index is 13.0. The molecule has 6 heteroatoms. The Morgan fingerprint density at radius 1 is 1.14 bits per heavy atom. The zero-order valence-electron chi connectivity index (χ0n) is 11.3. The van der Waals surface area contributed by atoms with Crippen molar-refractivity contribution in [2.75, 3.05) is 0 Å². The molecule has 1 N–H and O–H groups in total. The van der Waals surface area contributed by atoms with Gasteiger partial charge < -0.3 is 4.98 Å². The molecule has 0 aliphatic carbocycles. The van der Waals surface area contributed by atoms with Crippen molar-refractivity contribution in [3.05, 3.63) is 46.3 Å². The second kappa shape index (κ2) is 4.51. The summed E-state index contributed by atoms with van der Waals surface area (Å²) in [7, 11) is 0. The van der Waals surface area contributed by atoms with Crippen molar-refractivity contribution in [1.29, 1.82) is 0 Å². The van der Waals surface area contributed by atoms with E-state index in [1.165, 1.54) is 12.1 Å². The molecule has 4 rings (SSSR count). The van der Waals surface area contributed by atoms with Crippen molar-refractivity contribution in [2.45, 2.75) is 25.8 Å². The van der Waals surface area contributed by atoms with E-state index in [2.05, 4.69) is 15.0 Å². The first-order valence-corrected chi connectivity index (χ1v) is 6.98. The third-order valence-corrected chi connectivity index (χ3v) is 3.83. The molecule has 0 amide bonds. The molecule has 21 heavy (non-hydrogen) atoms. The number of aromatic nitrogens is 4. The molecule has 3 heterocycles. The third kappa shape index (κ3) is 1.94. The molecule has 0 saturated heterocycles. The van der Waals surface area contributed by atoms with Gasteiger partial charge in [-0.3, -0.25) is 9.36 Å². The summed E-state index contributed by atoms with van der Waals surface area (Å²) in [6.45, 7) is 0.704. The van der Waals surface area contributed by atoms with E-state index in [4.69, 9.17) is 0 Å². The maximum absolute atomic E-state index is 13.0. The lowest BCUT2D eigenvalue weighted by atomic mass is 10.1. The molecule has 2 aromatic heterocycles. The summed E-state index contributed by atoms with van der Waals surface area (Å²) in [5.41, 5.74) is 1.49. The Morgan fingerprint density at radius 3 is 2.76 bits per heavy atom. The number of imidazole rings is 1. The first-order valence-electron chi connectivity index (χ1n) is 6.98. The number of fused-ring (bicyclic) bond motifs is 2. The second-order valence-electron chi connectivity index (χ2n) is 5.23. The lowest BCUT2D eigenvalue weighted by molar-refractivity contribution is 0.500. The van der Waals surface area contributed by atoms with Crippen molar-refractivity contribution in [2.24, 2.45) is 0 Å². The average Bonchev–Trinajstić information content (AvgIpc) is 2.92. The summed E-state index contributed by atoms with van der Waals surface area (Å²) in [6, 6.07) is 6.00. The van der Waals surface area contributed by atoms with Crippen LogP contribution in [0.4, 0.5) is 4.39 Å². The van der Waals surface area contributed by atoms with E-state index in [0.717, 1.165) is 30.7 Å². The number of hydrogen-bond acceptors (Lipinski definition) is 3. The minimum Gasteiger partial charge on any atom is -0.322 e. The van der Waals surface area contributed by atoms with Crippen LogP contribution in [0.3, 0.4) is 0 Å². The number of hydrogen-bond donors (Lipinski definition) is 1. The molecule has 0 spiro atoms. The average molecular weight is 284 g/mol. The molecule has 106 valence electrons. The zero-order chi connectivity index (χ0) is 14.4. The Balaban J connectivity index is 1.92. The number of rotatable bonds is 1. The van der Waals surface area contributed by atoms with Crippen LogP contribution in [0.1, 0.15) is 18.7 Å². The highest BCUT2D eigenvalue weighted by Crippen LogP contribution is 2.19. The van der Waals surface area contributed by atoms with Gasteiger partial charge in [-0.15, -0.1) is 0 Å². The summed E-state index contributed by atoms with van der Waals surface area (Å²) in [6.07, 6.45) is 2.86. The molecule has 0 radical (unpaired) electrons. The quantitative estimate of drug-likeness (QED) is 0.745. The lowest BCUT2D eigenvalue weighted by Crippen LogP contribution is -2.28. The van der Waals surface area contributed by atoms with Gasteiger partial charge in [0.15, 0.2) is 11.2 Å². The Kier molecular flexibility index (Phi) is 2.63. The summed E-state index contributed by atoms with van der Waals surface area (Å²) < 4.78 is 14.7. The van der Waals surface area contributed by atoms with Crippen LogP contribution >= 0.6 is 0 Å². The van der Waals surface area contributed by atoms with Gasteiger partial charge >= 0.3 is 0 Å². The molecule has 0 unspecified atom stereocenters. The van der Waals surface area contributed by atoms with Crippen molar-refractivity contribution in [3.8, 4) is 11.4 Å². The van der Waals surface area contributed by atoms with Crippen molar-refractivity contribution >= 4 is 11.2 Å². The lowest BCUT2D eigenvalue weighted by Gasteiger charge is -2.16. The SMILES string of the molecule is O=c1c2nc(-c3ccc(F)cc3)[nH]c2nc2n1CCCC2. The Bertz CT molecular complexity index is 879. The van der Waals surface area contributed by atoms with Gasteiger partial charge in [-0.1, -0.05) is 0 Å². The van der Waals surface area contributed by atoms with E-state index in [9.17, 15) is 9.18 Å². The highest BCUT2D eigenvalue weighted by atomic mass is 19.1. The van der Waals surface area contributed by atoms with Gasteiger partial charge in [-0.2, -0.15) is 0 Å². The van der Waals surface area contributed by atoms with Crippen LogP contribution in [-0.4, -0.2) is 19.5 Å². The number of H-pyrrole nitrogens is 1. The molecule has 0 atom stereocenters. The predicted octanol–water partition coefficient (Wildman–Crippen LogP) is 2.26. The number of aryl methyl sites for hydroxylation is 1. The van der Waals surface area contributed by atoms with Crippen LogP contribution < -0.4 is 5.56 Å². The number of nitrogens with zero attached hydrogens (tertiary/aromatic N) is 3. The fourth-order valence-electron chi connectivity index (χ4n) is 2.75. The fourth-order valence-corrected chi connectivity index (χ4v) is 2.75. The van der Waals surface area contributed by atoms with Crippen LogP contribution in [0.15, 0.2) is 29.1 Å². The molecule has 0 fully saturated rings. The summed E-state index contributed by atoms with van der Waals surface area (Å²) >= 11 is 0. The molecule has 1 aliphatic rings. The Labute approximate surface area is 119 Å². The zero-order valence-corrected chi connectivity index (χ0v) is 11.3. The Hall–Kier alpha value is -2.50. The summed E-state index contributed by atoms with van der Waals surface area (Å²) in [5, 5.41) is 0. The molecule has 3 aromatic rings. The summed E-state index contributed by atoms with van der Waals surface area (Å²) in [4.78, 5) is 24.4. The van der Waals surface area contributed by atoms with Gasteiger partial charge in [0.1, 0.15) is 17.5 Å². The van der Waals surface area contributed by atoms with Gasteiger partial charge in [0.25, 0.3) is 5.56 Å². The van der Waals surface area contributed by atoms with Crippen molar-refractivity contribution < 1.29 is 4.39 Å². The van der Waals surface area contributed by atoms with E-state index >= 15 is 0 Å². The normalized spacial score (nSPS) is 14.3. The number of benzene rings is 1. The van der Waals surface area contributed by atoms with Gasteiger partial charge in [0.2, 0.25) is 0 Å². The number of nitrogens with one attached hydrogen (secondary N) is 1. The highest BCUT2D eigenvalue weighted by molar-refractivity contribution is 5.75. The van der Waals surface area contributed by atoms with E-state index in [1.807, 2.05) is 0 Å². The predicted molar refractivity (Wildman–Crippen MR) is 76.5 cm³/mol. The Morgan fingerprint density at radius 2 is 1.95 bits per heavy atom. The fraction of sp³-hybridized carbons (Fsp3) is 0.267. The first-order chi connectivity index (χ1) is 10.2. The smallest absolute Gasteiger partial charge is 0.281 e. The molecule has 1 aromatic carbocycles. The molecular weight excluding hydrogens is 271 g/mol. The minimum absolute atomic E-state index is 0.0979. The van der Waals surface area contributed by atoms with Crippen LogP contribution in [0.2, 0.25) is 0 Å². The standard InChI is InChI=1S/C15H13FN4O/c16-10-6-4-9(5-7-10)13-18-12-14(19-13)17-11-3-1-2-8-20(11)15(12)21/h4-7H,1-3,8H2,(H,18,19). The van der Waals surface area contributed by atoms with Crippen LogP contribution in [0.25, 0.3) is 22.6 Å². The number of aromatic amines is 1. The molecule has 0 bridgehead atoms. The van der Waals surface area contributed by atoms with Gasteiger partial charge in [0.05, 0.1) is 0 Å².